The van der Waals surface area contributed by atoms with Crippen molar-refractivity contribution in [3.05, 3.63) is 100 Å². The number of halogens is 1. The van der Waals surface area contributed by atoms with Crippen molar-refractivity contribution in [2.24, 2.45) is 0 Å². The van der Waals surface area contributed by atoms with E-state index < -0.39 is 22.3 Å². The Morgan fingerprint density at radius 3 is 2.83 bits per heavy atom. The highest BCUT2D eigenvalue weighted by Gasteiger charge is 2.16. The van der Waals surface area contributed by atoms with Gasteiger partial charge in [0.1, 0.15) is 18.0 Å². The molecule has 8 nitrogen and oxygen atoms in total. The fourth-order valence-electron chi connectivity index (χ4n) is 2.87. The predicted octanol–water partition coefficient (Wildman–Crippen LogP) is 4.21. The molecule has 0 aliphatic heterocycles. The number of amides is 1. The van der Waals surface area contributed by atoms with Crippen LogP contribution in [0, 0.1) is 15.9 Å². The third-order valence-electron chi connectivity index (χ3n) is 4.30. The molecule has 2 heterocycles. The number of carbonyl (C=O) groups excluding carboxylic acids is 1. The summed E-state index contributed by atoms with van der Waals surface area (Å²) in [6.07, 6.45) is 3.74. The van der Waals surface area contributed by atoms with Gasteiger partial charge in [0.2, 0.25) is 5.82 Å². The van der Waals surface area contributed by atoms with E-state index in [1.165, 1.54) is 6.07 Å². The average Bonchev–Trinajstić information content (AvgIpc) is 3.16. The molecule has 4 rings (SSSR count). The molecule has 0 saturated carbocycles. The first-order chi connectivity index (χ1) is 14.5. The zero-order valence-corrected chi connectivity index (χ0v) is 15.5. The Labute approximate surface area is 169 Å². The number of nitro benzene ring substituents is 1. The van der Waals surface area contributed by atoms with Gasteiger partial charge in [-0.05, 0) is 42.5 Å². The number of hydrogen-bond acceptors (Lipinski definition) is 5. The van der Waals surface area contributed by atoms with Crippen LogP contribution in [-0.2, 0) is 6.61 Å². The molecule has 150 valence electrons. The van der Waals surface area contributed by atoms with Gasteiger partial charge >= 0.3 is 5.69 Å². The SMILES string of the molecule is O=C(Nc1ccc(F)c([N+](=O)[O-])c1)c1cccc(OCc2cn3ccccc3n2)c1. The van der Waals surface area contributed by atoms with Crippen LogP contribution in [0.1, 0.15) is 16.1 Å². The van der Waals surface area contributed by atoms with Gasteiger partial charge in [-0.1, -0.05) is 12.1 Å². The first kappa shape index (κ1) is 19.1. The van der Waals surface area contributed by atoms with E-state index in [0.29, 0.717) is 5.75 Å². The summed E-state index contributed by atoms with van der Waals surface area (Å²) in [7, 11) is 0. The van der Waals surface area contributed by atoms with Crippen molar-refractivity contribution in [3.63, 3.8) is 0 Å². The molecule has 0 atom stereocenters. The van der Waals surface area contributed by atoms with Gasteiger partial charge in [0.25, 0.3) is 5.91 Å². The average molecular weight is 406 g/mol. The fraction of sp³-hybridized carbons (Fsp3) is 0.0476. The second kappa shape index (κ2) is 8.00. The lowest BCUT2D eigenvalue weighted by molar-refractivity contribution is -0.387. The molecule has 2 aromatic carbocycles. The molecule has 1 amide bonds. The Kier molecular flexibility index (Phi) is 5.08. The minimum atomic E-state index is -0.972. The molecule has 0 aliphatic rings. The molecule has 0 fully saturated rings. The van der Waals surface area contributed by atoms with Gasteiger partial charge in [-0.3, -0.25) is 14.9 Å². The third-order valence-corrected chi connectivity index (χ3v) is 4.30. The Hall–Kier alpha value is -4.27. The molecular formula is C21H15FN4O4. The van der Waals surface area contributed by atoms with E-state index in [9.17, 15) is 19.3 Å². The van der Waals surface area contributed by atoms with Crippen molar-refractivity contribution in [2.45, 2.75) is 6.61 Å². The number of rotatable bonds is 6. The van der Waals surface area contributed by atoms with E-state index in [2.05, 4.69) is 10.3 Å². The molecule has 0 saturated heterocycles. The Morgan fingerprint density at radius 2 is 2.03 bits per heavy atom. The summed E-state index contributed by atoms with van der Waals surface area (Å²) in [4.78, 5) is 26.9. The van der Waals surface area contributed by atoms with Gasteiger partial charge in [-0.25, -0.2) is 4.98 Å². The number of imidazole rings is 1. The van der Waals surface area contributed by atoms with Gasteiger partial charge in [0, 0.05) is 29.7 Å². The second-order valence-electron chi connectivity index (χ2n) is 6.39. The summed E-state index contributed by atoms with van der Waals surface area (Å²) < 4.78 is 21.1. The quantitative estimate of drug-likeness (QED) is 0.382. The van der Waals surface area contributed by atoms with Crippen LogP contribution in [0.4, 0.5) is 15.8 Å². The van der Waals surface area contributed by atoms with Crippen molar-refractivity contribution < 1.29 is 18.8 Å². The minimum absolute atomic E-state index is 0.115. The molecule has 30 heavy (non-hydrogen) atoms. The van der Waals surface area contributed by atoms with E-state index in [0.717, 1.165) is 23.5 Å². The summed E-state index contributed by atoms with van der Waals surface area (Å²) in [6, 6.07) is 15.3. The molecule has 0 radical (unpaired) electrons. The molecule has 0 bridgehead atoms. The van der Waals surface area contributed by atoms with Crippen molar-refractivity contribution in [2.75, 3.05) is 5.32 Å². The maximum Gasteiger partial charge on any atom is 0.306 e. The fourth-order valence-corrected chi connectivity index (χ4v) is 2.87. The number of anilines is 1. The van der Waals surface area contributed by atoms with Crippen molar-refractivity contribution in [1.82, 2.24) is 9.38 Å². The summed E-state index contributed by atoms with van der Waals surface area (Å²) in [5.41, 5.74) is 1.23. The first-order valence-corrected chi connectivity index (χ1v) is 8.90. The van der Waals surface area contributed by atoms with Gasteiger partial charge in [-0.2, -0.15) is 4.39 Å². The largest absolute Gasteiger partial charge is 0.487 e. The van der Waals surface area contributed by atoms with Crippen LogP contribution >= 0.6 is 0 Å². The lowest BCUT2D eigenvalue weighted by atomic mass is 10.2. The maximum atomic E-state index is 13.4. The third kappa shape index (κ3) is 4.09. The van der Waals surface area contributed by atoms with Crippen LogP contribution in [0.3, 0.4) is 0 Å². The van der Waals surface area contributed by atoms with Crippen LogP contribution in [0.15, 0.2) is 73.1 Å². The van der Waals surface area contributed by atoms with E-state index >= 15 is 0 Å². The minimum Gasteiger partial charge on any atom is -0.487 e. The molecule has 2 aromatic heterocycles. The normalized spacial score (nSPS) is 10.7. The first-order valence-electron chi connectivity index (χ1n) is 8.90. The molecule has 4 aromatic rings. The molecule has 9 heteroatoms. The van der Waals surface area contributed by atoms with Crippen LogP contribution < -0.4 is 10.1 Å². The molecular weight excluding hydrogens is 391 g/mol. The Balaban J connectivity index is 1.45. The monoisotopic (exact) mass is 406 g/mol. The number of carbonyl (C=O) groups is 1. The van der Waals surface area contributed by atoms with Gasteiger partial charge < -0.3 is 14.5 Å². The van der Waals surface area contributed by atoms with Crippen molar-refractivity contribution in [1.29, 1.82) is 0 Å². The Morgan fingerprint density at radius 1 is 1.17 bits per heavy atom. The van der Waals surface area contributed by atoms with Crippen LogP contribution in [-0.4, -0.2) is 20.2 Å². The molecule has 0 spiro atoms. The topological polar surface area (TPSA) is 98.8 Å². The highest BCUT2D eigenvalue weighted by atomic mass is 19.1. The number of nitrogens with one attached hydrogen (secondary N) is 1. The summed E-state index contributed by atoms with van der Waals surface area (Å²) >= 11 is 0. The number of hydrogen-bond donors (Lipinski definition) is 1. The van der Waals surface area contributed by atoms with E-state index in [1.54, 1.807) is 24.3 Å². The maximum absolute atomic E-state index is 13.4. The molecule has 0 unspecified atom stereocenters. The van der Waals surface area contributed by atoms with Crippen molar-refractivity contribution in [3.8, 4) is 5.75 Å². The van der Waals surface area contributed by atoms with E-state index in [1.807, 2.05) is 35.0 Å². The van der Waals surface area contributed by atoms with Gasteiger partial charge in [-0.15, -0.1) is 0 Å². The Bertz CT molecular complexity index is 1220. The molecule has 1 N–H and O–H groups in total. The highest BCUT2D eigenvalue weighted by Crippen LogP contribution is 2.23. The van der Waals surface area contributed by atoms with Crippen LogP contribution in [0.25, 0.3) is 5.65 Å². The lowest BCUT2D eigenvalue weighted by Gasteiger charge is -2.08. The lowest BCUT2D eigenvalue weighted by Crippen LogP contribution is -2.12. The summed E-state index contributed by atoms with van der Waals surface area (Å²) in [5.74, 6) is -1.01. The molecule has 0 aliphatic carbocycles. The number of benzene rings is 2. The number of ether oxygens (including phenoxy) is 1. The number of aromatic nitrogens is 2. The smallest absolute Gasteiger partial charge is 0.306 e. The van der Waals surface area contributed by atoms with Crippen molar-refractivity contribution >= 4 is 22.9 Å². The van der Waals surface area contributed by atoms with Crippen LogP contribution in [0.2, 0.25) is 0 Å². The highest BCUT2D eigenvalue weighted by molar-refractivity contribution is 6.04. The van der Waals surface area contributed by atoms with Gasteiger partial charge in [0.05, 0.1) is 10.6 Å². The van der Waals surface area contributed by atoms with E-state index in [4.69, 9.17) is 4.74 Å². The zero-order chi connectivity index (χ0) is 21.1. The number of nitrogens with zero attached hydrogens (tertiary/aromatic N) is 3. The zero-order valence-electron chi connectivity index (χ0n) is 15.5. The van der Waals surface area contributed by atoms with Gasteiger partial charge in [0.15, 0.2) is 0 Å². The predicted molar refractivity (Wildman–Crippen MR) is 107 cm³/mol. The second-order valence-corrected chi connectivity index (χ2v) is 6.39. The number of pyridine rings is 1. The summed E-state index contributed by atoms with van der Waals surface area (Å²) in [6.45, 7) is 0.219. The standard InChI is InChI=1S/C21H15FN4O4/c22-18-8-7-15(11-19(18)26(28)29)24-21(27)14-4-3-5-17(10-14)30-13-16-12-25-9-2-1-6-20(25)23-16/h1-12H,13H2,(H,24,27). The van der Waals surface area contributed by atoms with Crippen LogP contribution in [0.5, 0.6) is 5.75 Å². The number of nitro groups is 1. The van der Waals surface area contributed by atoms with E-state index in [-0.39, 0.29) is 17.9 Å². The summed E-state index contributed by atoms with van der Waals surface area (Å²) in [5, 5.41) is 13.4. The number of fused-ring (bicyclic) bond motifs is 1.